The van der Waals surface area contributed by atoms with Gasteiger partial charge in [0.25, 0.3) is 0 Å². The number of hydrogen-bond acceptors (Lipinski definition) is 5. The highest BCUT2D eigenvalue weighted by atomic mass is 35.5. The summed E-state index contributed by atoms with van der Waals surface area (Å²) in [5.74, 6) is 2.62. The van der Waals surface area contributed by atoms with Crippen molar-refractivity contribution in [3.63, 3.8) is 0 Å². The molecule has 0 atom stereocenters. The van der Waals surface area contributed by atoms with E-state index < -0.39 is 0 Å². The number of thiazole rings is 1. The standard InChI is InChI=1S/C22H25ClN2O2S3/c1-3-27-17-8-11-19-20(15-17)30-22(25(19)12-14-28-2)24-21(26)5-4-13-29-18-9-6-16(23)7-10-18/h6-11,15H,3-5,12-14H2,1-2H3. The molecule has 2 aromatic carbocycles. The van der Waals surface area contributed by atoms with Gasteiger partial charge in [-0.1, -0.05) is 22.9 Å². The summed E-state index contributed by atoms with van der Waals surface area (Å²) in [5.41, 5.74) is 1.10. The molecule has 1 aromatic heterocycles. The van der Waals surface area contributed by atoms with Gasteiger partial charge in [0.05, 0.1) is 16.8 Å². The number of aryl methyl sites for hydroxylation is 1. The summed E-state index contributed by atoms with van der Waals surface area (Å²) in [5, 5.41) is 0.736. The summed E-state index contributed by atoms with van der Waals surface area (Å²) in [6.45, 7) is 3.43. The average Bonchev–Trinajstić information content (AvgIpc) is 3.07. The van der Waals surface area contributed by atoms with Crippen molar-refractivity contribution < 1.29 is 9.53 Å². The fourth-order valence-corrected chi connectivity index (χ4v) is 5.35. The quantitative estimate of drug-likeness (QED) is 0.259. The summed E-state index contributed by atoms with van der Waals surface area (Å²) < 4.78 is 8.86. The zero-order chi connectivity index (χ0) is 21.3. The maximum atomic E-state index is 12.5. The summed E-state index contributed by atoms with van der Waals surface area (Å²) in [6.07, 6.45) is 3.32. The molecule has 0 bridgehead atoms. The Morgan fingerprint density at radius 1 is 1.20 bits per heavy atom. The number of rotatable bonds is 10. The Bertz CT molecular complexity index is 1040. The van der Waals surface area contributed by atoms with Crippen LogP contribution in [0.3, 0.4) is 0 Å². The Kier molecular flexibility index (Phi) is 9.18. The Balaban J connectivity index is 1.69. The van der Waals surface area contributed by atoms with Gasteiger partial charge in [-0.3, -0.25) is 4.79 Å². The van der Waals surface area contributed by atoms with Gasteiger partial charge in [0.15, 0.2) is 4.80 Å². The van der Waals surface area contributed by atoms with E-state index in [1.165, 1.54) is 0 Å². The number of benzene rings is 2. The Morgan fingerprint density at radius 2 is 2.00 bits per heavy atom. The minimum absolute atomic E-state index is 0.0683. The Morgan fingerprint density at radius 3 is 2.73 bits per heavy atom. The SMILES string of the molecule is CCOc1ccc2c(c1)sc(=NC(=O)CCCSc1ccc(Cl)cc1)n2CCSC. The average molecular weight is 481 g/mol. The lowest BCUT2D eigenvalue weighted by Crippen LogP contribution is -2.18. The Labute approximate surface area is 194 Å². The molecular formula is C22H25ClN2O2S3. The van der Waals surface area contributed by atoms with Gasteiger partial charge < -0.3 is 9.30 Å². The van der Waals surface area contributed by atoms with E-state index >= 15 is 0 Å². The van der Waals surface area contributed by atoms with Gasteiger partial charge in [0.1, 0.15) is 5.75 Å². The molecule has 0 N–H and O–H groups in total. The lowest BCUT2D eigenvalue weighted by molar-refractivity contribution is -0.118. The van der Waals surface area contributed by atoms with Crippen LogP contribution >= 0.6 is 46.5 Å². The Hall–Kier alpha value is -1.41. The van der Waals surface area contributed by atoms with E-state index in [0.29, 0.717) is 13.0 Å². The van der Waals surface area contributed by atoms with Crippen LogP contribution in [0, 0.1) is 0 Å². The van der Waals surface area contributed by atoms with E-state index in [-0.39, 0.29) is 5.91 Å². The van der Waals surface area contributed by atoms with Crippen molar-refractivity contribution >= 4 is 62.6 Å². The van der Waals surface area contributed by atoms with Crippen molar-refractivity contribution in [1.29, 1.82) is 0 Å². The normalized spacial score (nSPS) is 11.9. The van der Waals surface area contributed by atoms with Crippen molar-refractivity contribution in [1.82, 2.24) is 4.57 Å². The molecule has 0 radical (unpaired) electrons. The third-order valence-corrected chi connectivity index (χ3v) is 7.30. The third kappa shape index (κ3) is 6.54. The molecule has 8 heteroatoms. The summed E-state index contributed by atoms with van der Waals surface area (Å²) >= 11 is 11.0. The number of hydrogen-bond donors (Lipinski definition) is 0. The van der Waals surface area contributed by atoms with Gasteiger partial charge in [0, 0.05) is 28.6 Å². The first-order valence-corrected chi connectivity index (χ1v) is 13.4. The molecule has 30 heavy (non-hydrogen) atoms. The van der Waals surface area contributed by atoms with Crippen molar-refractivity contribution in [2.24, 2.45) is 4.99 Å². The molecule has 0 aliphatic carbocycles. The maximum absolute atomic E-state index is 12.5. The molecule has 1 heterocycles. The van der Waals surface area contributed by atoms with Crippen LogP contribution in [-0.4, -0.2) is 34.8 Å². The number of carbonyl (C=O) groups excluding carboxylic acids is 1. The van der Waals surface area contributed by atoms with E-state index in [2.05, 4.69) is 21.9 Å². The number of carbonyl (C=O) groups is 1. The number of halogens is 1. The van der Waals surface area contributed by atoms with E-state index in [9.17, 15) is 4.79 Å². The fraction of sp³-hybridized carbons (Fsp3) is 0.364. The fourth-order valence-electron chi connectivity index (χ4n) is 2.90. The van der Waals surface area contributed by atoms with Gasteiger partial charge >= 0.3 is 0 Å². The molecule has 0 aliphatic rings. The summed E-state index contributed by atoms with van der Waals surface area (Å²) in [6, 6.07) is 13.8. The molecule has 1 amide bonds. The lowest BCUT2D eigenvalue weighted by Gasteiger charge is -2.05. The predicted molar refractivity (Wildman–Crippen MR) is 131 cm³/mol. The van der Waals surface area contributed by atoms with E-state index in [0.717, 1.165) is 55.2 Å². The molecule has 0 spiro atoms. The molecule has 0 saturated heterocycles. The second kappa shape index (κ2) is 11.8. The van der Waals surface area contributed by atoms with E-state index in [4.69, 9.17) is 16.3 Å². The number of ether oxygens (including phenoxy) is 1. The number of fused-ring (bicyclic) bond motifs is 1. The van der Waals surface area contributed by atoms with Gasteiger partial charge in [0.2, 0.25) is 5.91 Å². The van der Waals surface area contributed by atoms with Gasteiger partial charge in [-0.15, -0.1) is 11.8 Å². The number of aromatic nitrogens is 1. The first-order valence-electron chi connectivity index (χ1n) is 9.81. The van der Waals surface area contributed by atoms with Crippen LogP contribution in [0.2, 0.25) is 5.02 Å². The smallest absolute Gasteiger partial charge is 0.248 e. The minimum Gasteiger partial charge on any atom is -0.494 e. The lowest BCUT2D eigenvalue weighted by atomic mass is 10.3. The maximum Gasteiger partial charge on any atom is 0.248 e. The minimum atomic E-state index is -0.0683. The van der Waals surface area contributed by atoms with Crippen LogP contribution in [0.4, 0.5) is 0 Å². The second-order valence-electron chi connectivity index (χ2n) is 6.50. The molecule has 4 nitrogen and oxygen atoms in total. The summed E-state index contributed by atoms with van der Waals surface area (Å²) in [7, 11) is 0. The van der Waals surface area contributed by atoms with E-state index in [1.807, 2.05) is 43.3 Å². The van der Waals surface area contributed by atoms with Crippen LogP contribution in [0.5, 0.6) is 5.75 Å². The van der Waals surface area contributed by atoms with Crippen molar-refractivity contribution in [2.75, 3.05) is 24.4 Å². The molecule has 0 aliphatic heterocycles. The first kappa shape index (κ1) is 23.3. The zero-order valence-electron chi connectivity index (χ0n) is 17.1. The number of amides is 1. The largest absolute Gasteiger partial charge is 0.494 e. The molecule has 3 aromatic rings. The van der Waals surface area contributed by atoms with Crippen LogP contribution in [0.25, 0.3) is 10.2 Å². The molecular weight excluding hydrogens is 456 g/mol. The second-order valence-corrected chi connectivity index (χ2v) is 10.1. The molecule has 0 fully saturated rings. The highest BCUT2D eigenvalue weighted by Crippen LogP contribution is 2.24. The first-order chi connectivity index (χ1) is 14.6. The topological polar surface area (TPSA) is 43.6 Å². The van der Waals surface area contributed by atoms with Crippen LogP contribution in [-0.2, 0) is 11.3 Å². The monoisotopic (exact) mass is 480 g/mol. The zero-order valence-corrected chi connectivity index (χ0v) is 20.3. The summed E-state index contributed by atoms with van der Waals surface area (Å²) in [4.78, 5) is 18.9. The van der Waals surface area contributed by atoms with Crippen LogP contribution < -0.4 is 9.54 Å². The highest BCUT2D eigenvalue weighted by molar-refractivity contribution is 7.99. The van der Waals surface area contributed by atoms with Crippen molar-refractivity contribution in [3.05, 3.63) is 52.3 Å². The van der Waals surface area contributed by atoms with Gasteiger partial charge in [-0.2, -0.15) is 16.8 Å². The number of nitrogens with zero attached hydrogens (tertiary/aromatic N) is 2. The number of thioether (sulfide) groups is 2. The molecule has 0 unspecified atom stereocenters. The van der Waals surface area contributed by atoms with Crippen molar-refractivity contribution in [3.8, 4) is 5.75 Å². The van der Waals surface area contributed by atoms with E-state index in [1.54, 1.807) is 34.9 Å². The molecule has 160 valence electrons. The molecule has 0 saturated carbocycles. The van der Waals surface area contributed by atoms with Crippen LogP contribution in [0.15, 0.2) is 52.4 Å². The molecule has 3 rings (SSSR count). The third-order valence-electron chi connectivity index (χ3n) is 4.32. The van der Waals surface area contributed by atoms with Gasteiger partial charge in [-0.05, 0) is 67.8 Å². The predicted octanol–water partition coefficient (Wildman–Crippen LogP) is 6.12. The highest BCUT2D eigenvalue weighted by Gasteiger charge is 2.09. The van der Waals surface area contributed by atoms with Gasteiger partial charge in [-0.25, -0.2) is 0 Å². The van der Waals surface area contributed by atoms with Crippen molar-refractivity contribution in [2.45, 2.75) is 31.2 Å². The van der Waals surface area contributed by atoms with Crippen LogP contribution in [0.1, 0.15) is 19.8 Å².